The van der Waals surface area contributed by atoms with Gasteiger partial charge in [0.1, 0.15) is 37.8 Å². The number of ether oxygens (including phenoxy) is 4. The van der Waals surface area contributed by atoms with Gasteiger partial charge in [0.25, 0.3) is 0 Å². The summed E-state index contributed by atoms with van der Waals surface area (Å²) in [5.41, 5.74) is 6.89. The minimum atomic E-state index is -1.09. The topological polar surface area (TPSA) is 109 Å². The molecule has 1 N–H and O–H groups in total. The van der Waals surface area contributed by atoms with Crippen LogP contribution >= 0.6 is 0 Å². The van der Waals surface area contributed by atoms with E-state index in [2.05, 4.69) is 21.2 Å². The first-order valence-electron chi connectivity index (χ1n) is 16.4. The van der Waals surface area contributed by atoms with E-state index in [4.69, 9.17) is 25.4 Å². The van der Waals surface area contributed by atoms with Gasteiger partial charge < -0.3 is 24.3 Å². The number of halogens is 1. The van der Waals surface area contributed by atoms with Gasteiger partial charge in [0.2, 0.25) is 0 Å². The number of nitrogens with zero attached hydrogens (tertiary/aromatic N) is 2. The number of nitrogens with one attached hydrogen (secondary N) is 1. The zero-order valence-electron chi connectivity index (χ0n) is 28.9. The molecule has 52 heavy (non-hydrogen) atoms. The molecule has 0 saturated heterocycles. The van der Waals surface area contributed by atoms with E-state index in [1.807, 2.05) is 61.5 Å². The monoisotopic (exact) mass is 717 g/mol. The Morgan fingerprint density at radius 3 is 2.46 bits per heavy atom. The van der Waals surface area contributed by atoms with E-state index in [1.54, 1.807) is 31.6 Å². The number of esters is 1. The van der Waals surface area contributed by atoms with Gasteiger partial charge in [0, 0.05) is 51.8 Å². The predicted molar refractivity (Wildman–Crippen MR) is 201 cm³/mol. The Morgan fingerprint density at radius 1 is 0.942 bits per heavy atom. The van der Waals surface area contributed by atoms with Crippen molar-refractivity contribution in [2.24, 2.45) is 0 Å². The summed E-state index contributed by atoms with van der Waals surface area (Å²) in [5, 5.41) is 3.97. The second-order valence-electron chi connectivity index (χ2n) is 11.9. The van der Waals surface area contributed by atoms with Gasteiger partial charge in [-0.25, -0.2) is 14.4 Å². The molecular formula is C41H36FN3O6S. The van der Waals surface area contributed by atoms with Crippen molar-refractivity contribution >= 4 is 56.4 Å². The lowest BCUT2D eigenvalue weighted by Gasteiger charge is -2.15. The van der Waals surface area contributed by atoms with Gasteiger partial charge >= 0.3 is 5.97 Å². The van der Waals surface area contributed by atoms with E-state index in [0.717, 1.165) is 38.4 Å². The number of hydrogen-bond acceptors (Lipinski definition) is 9. The number of fused-ring (bicyclic) bond motifs is 2. The highest BCUT2D eigenvalue weighted by Crippen LogP contribution is 2.44. The Morgan fingerprint density at radius 2 is 1.71 bits per heavy atom. The molecule has 1 heterocycles. The Labute approximate surface area is 304 Å². The number of aromatic nitrogens is 2. The Hall–Kier alpha value is -5.83. The van der Waals surface area contributed by atoms with Crippen LogP contribution in [0, 0.1) is 18.2 Å². The highest BCUT2D eigenvalue weighted by atomic mass is 32.2. The van der Waals surface area contributed by atoms with Crippen molar-refractivity contribution in [1.29, 1.82) is 0 Å². The van der Waals surface area contributed by atoms with Crippen LogP contribution in [0.4, 0.5) is 15.9 Å². The average Bonchev–Trinajstić information content (AvgIpc) is 3.39. The van der Waals surface area contributed by atoms with Crippen LogP contribution in [0.5, 0.6) is 11.5 Å². The first-order valence-corrected chi connectivity index (χ1v) is 18.0. The largest absolute Gasteiger partial charge is 0.487 e. The van der Waals surface area contributed by atoms with E-state index in [-0.39, 0.29) is 26.2 Å². The van der Waals surface area contributed by atoms with Crippen molar-refractivity contribution in [2.45, 2.75) is 18.2 Å². The summed E-state index contributed by atoms with van der Waals surface area (Å²) in [6, 6.07) is 22.9. The zero-order valence-corrected chi connectivity index (χ0v) is 29.7. The molecule has 0 radical (unpaired) electrons. The average molecular weight is 718 g/mol. The van der Waals surface area contributed by atoms with Crippen molar-refractivity contribution in [2.75, 3.05) is 45.1 Å². The van der Waals surface area contributed by atoms with Crippen molar-refractivity contribution in [3.8, 4) is 23.8 Å². The number of hydrogen-bond donors (Lipinski definition) is 1. The number of rotatable bonds is 14. The molecular weight excluding hydrogens is 682 g/mol. The molecule has 0 bridgehead atoms. The summed E-state index contributed by atoms with van der Waals surface area (Å²) < 4.78 is 49.1. The van der Waals surface area contributed by atoms with Crippen LogP contribution in [0.1, 0.15) is 35.6 Å². The predicted octanol–water partition coefficient (Wildman–Crippen LogP) is 7.60. The van der Waals surface area contributed by atoms with Gasteiger partial charge in [-0.1, -0.05) is 30.2 Å². The molecule has 0 amide bonds. The number of methoxy groups -OCH3 is 1. The summed E-state index contributed by atoms with van der Waals surface area (Å²) in [7, 11) is 0.497. The third kappa shape index (κ3) is 8.37. The molecule has 0 aliphatic heterocycles. The lowest BCUT2D eigenvalue weighted by molar-refractivity contribution is -0.143. The van der Waals surface area contributed by atoms with Crippen molar-refractivity contribution in [3.05, 3.63) is 119 Å². The van der Waals surface area contributed by atoms with Gasteiger partial charge in [-0.15, -0.1) is 6.42 Å². The van der Waals surface area contributed by atoms with Crippen LogP contribution in [-0.4, -0.2) is 59.9 Å². The van der Waals surface area contributed by atoms with Crippen molar-refractivity contribution in [1.82, 2.24) is 9.97 Å². The molecule has 0 fully saturated rings. The summed E-state index contributed by atoms with van der Waals surface area (Å²) >= 11 is 0. The SMILES string of the molecule is C#Cc1cccc(Nc2ncnc3cc(OCCOC)c(OCCOC(=O)CC4=C(C)/C(=C\c5ccc(S(C)=O)cc5)c5ccc(F)cc54)cc23)c1. The van der Waals surface area contributed by atoms with E-state index in [0.29, 0.717) is 46.0 Å². The first kappa shape index (κ1) is 36.0. The standard InChI is InChI=1S/C41H36FN3O6S/c1-5-27-7-6-8-30(19-27)45-41-36-22-38(39(49-16-15-48-3)24-37(36)43-25-44-41)50-17-18-51-40(46)23-34-26(2)33(32-14-11-29(42)21-35(32)34)20-28-9-12-31(13-10-28)52(4)47/h1,6-14,19-22,24-25H,15-18,23H2,2-4H3,(H,43,44,45)/b33-20+. The summed E-state index contributed by atoms with van der Waals surface area (Å²) in [5.74, 6) is 3.14. The van der Waals surface area contributed by atoms with Crippen LogP contribution in [0.2, 0.25) is 0 Å². The Bertz CT molecular complexity index is 2260. The molecule has 1 aromatic heterocycles. The maximum Gasteiger partial charge on any atom is 0.310 e. The molecule has 264 valence electrons. The molecule has 9 nitrogen and oxygen atoms in total. The second-order valence-corrected chi connectivity index (χ2v) is 13.2. The van der Waals surface area contributed by atoms with Crippen LogP contribution in [0.15, 0.2) is 95.7 Å². The number of carbonyl (C=O) groups excluding carboxylic acids is 1. The van der Waals surface area contributed by atoms with E-state index in [9.17, 15) is 13.4 Å². The van der Waals surface area contributed by atoms with Crippen LogP contribution in [0.3, 0.4) is 0 Å². The number of allylic oxidation sites excluding steroid dienone is 2. The van der Waals surface area contributed by atoms with Gasteiger partial charge in [-0.3, -0.25) is 9.00 Å². The number of benzene rings is 4. The maximum absolute atomic E-state index is 14.4. The third-order valence-corrected chi connectivity index (χ3v) is 9.38. The number of anilines is 2. The molecule has 4 aromatic carbocycles. The highest BCUT2D eigenvalue weighted by Gasteiger charge is 2.26. The highest BCUT2D eigenvalue weighted by molar-refractivity contribution is 7.84. The summed E-state index contributed by atoms with van der Waals surface area (Å²) in [6.45, 7) is 2.55. The summed E-state index contributed by atoms with van der Waals surface area (Å²) in [4.78, 5) is 22.7. The lowest BCUT2D eigenvalue weighted by Crippen LogP contribution is -2.13. The normalized spacial score (nSPS) is 13.5. The van der Waals surface area contributed by atoms with Gasteiger partial charge in [-0.2, -0.15) is 0 Å². The molecule has 0 saturated carbocycles. The minimum Gasteiger partial charge on any atom is -0.487 e. The Kier molecular flexibility index (Phi) is 11.4. The second kappa shape index (κ2) is 16.5. The fraction of sp³-hybridized carbons (Fsp3) is 0.195. The minimum absolute atomic E-state index is 0.0332. The number of terminal acetylenes is 1. The molecule has 6 rings (SSSR count). The first-order chi connectivity index (χ1) is 25.2. The van der Waals surface area contributed by atoms with Crippen LogP contribution in [-0.2, 0) is 25.1 Å². The zero-order chi connectivity index (χ0) is 36.6. The number of carbonyl (C=O) groups is 1. The molecule has 0 spiro atoms. The van der Waals surface area contributed by atoms with E-state index in [1.165, 1.54) is 18.5 Å². The molecule has 11 heteroatoms. The van der Waals surface area contributed by atoms with Crippen LogP contribution < -0.4 is 14.8 Å². The smallest absolute Gasteiger partial charge is 0.310 e. The van der Waals surface area contributed by atoms with Gasteiger partial charge in [0.15, 0.2) is 11.5 Å². The van der Waals surface area contributed by atoms with E-state index < -0.39 is 22.6 Å². The fourth-order valence-corrected chi connectivity index (χ4v) is 6.37. The summed E-state index contributed by atoms with van der Waals surface area (Å²) in [6.07, 6.45) is 10.6. The maximum atomic E-state index is 14.4. The Balaban J connectivity index is 1.16. The molecule has 1 aliphatic rings. The molecule has 1 unspecified atom stereocenters. The quantitative estimate of drug-likeness (QED) is 0.0706. The van der Waals surface area contributed by atoms with Gasteiger partial charge in [0.05, 0.1) is 18.5 Å². The third-order valence-electron chi connectivity index (χ3n) is 8.44. The van der Waals surface area contributed by atoms with E-state index >= 15 is 0 Å². The van der Waals surface area contributed by atoms with Crippen LogP contribution in [0.25, 0.3) is 28.1 Å². The van der Waals surface area contributed by atoms with Crippen molar-refractivity contribution < 1.29 is 32.3 Å². The lowest BCUT2D eigenvalue weighted by atomic mass is 10.0. The molecule has 1 aliphatic carbocycles. The fourth-order valence-electron chi connectivity index (χ4n) is 5.85. The van der Waals surface area contributed by atoms with Gasteiger partial charge in [-0.05, 0) is 94.9 Å². The molecule has 5 aromatic rings. The molecule has 1 atom stereocenters. The van der Waals surface area contributed by atoms with Crippen molar-refractivity contribution in [3.63, 3.8) is 0 Å².